The zero-order chi connectivity index (χ0) is 23.0. The van der Waals surface area contributed by atoms with E-state index in [1.807, 2.05) is 7.05 Å². The molecule has 0 saturated heterocycles. The maximum absolute atomic E-state index is 12.6. The Bertz CT molecular complexity index is 939. The van der Waals surface area contributed by atoms with Crippen molar-refractivity contribution in [2.45, 2.75) is 6.42 Å². The second kappa shape index (κ2) is 10.9. The first-order valence-electron chi connectivity index (χ1n) is 10.8. The number of nitrogens with two attached hydrogens (primary N) is 2. The molecule has 0 aliphatic heterocycles. The molecule has 0 saturated carbocycles. The van der Waals surface area contributed by atoms with Crippen LogP contribution in [0.25, 0.3) is 0 Å². The van der Waals surface area contributed by atoms with Crippen LogP contribution in [0.4, 0.5) is 0 Å². The number of likely N-dealkylation sites (N-methyl/N-ethyl adjacent to an activating group) is 2. The van der Waals surface area contributed by atoms with Gasteiger partial charge in [-0.05, 0) is 42.8 Å². The summed E-state index contributed by atoms with van der Waals surface area (Å²) >= 11 is 0. The highest BCUT2D eigenvalue weighted by Crippen LogP contribution is 2.55. The number of amides is 1. The van der Waals surface area contributed by atoms with Crippen molar-refractivity contribution in [3.8, 4) is 0 Å². The standard InChI is InChI=1S/C26H32N4OP/c1-29(25(31)21-30(2)26(27)28)19-12-20-32(22-13-6-3-7-14-22,23-15-8-4-9-16-23)24-17-10-5-11-18-24/h3-11,13-18H,12,19-21H2,1-2H3,(H3,27,28)/q+1/p+1. The van der Waals surface area contributed by atoms with Crippen molar-refractivity contribution < 1.29 is 9.37 Å². The maximum atomic E-state index is 12.6. The fourth-order valence-corrected chi connectivity index (χ4v) is 8.29. The lowest BCUT2D eigenvalue weighted by atomic mass is 10.3. The van der Waals surface area contributed by atoms with E-state index in [0.29, 0.717) is 6.54 Å². The lowest BCUT2D eigenvalue weighted by Crippen LogP contribution is -2.41. The molecule has 0 bridgehead atoms. The van der Waals surface area contributed by atoms with E-state index in [1.54, 1.807) is 16.5 Å². The zero-order valence-electron chi connectivity index (χ0n) is 18.9. The van der Waals surface area contributed by atoms with Crippen LogP contribution in [0.5, 0.6) is 0 Å². The Labute approximate surface area is 191 Å². The summed E-state index contributed by atoms with van der Waals surface area (Å²) in [6.45, 7) is 0.848. The summed E-state index contributed by atoms with van der Waals surface area (Å²) in [7, 11) is 1.69. The lowest BCUT2D eigenvalue weighted by molar-refractivity contribution is -0.488. The number of rotatable bonds is 9. The Hall–Kier alpha value is -3.17. The van der Waals surface area contributed by atoms with Gasteiger partial charge in [0.2, 0.25) is 0 Å². The number of hydrogen-bond donors (Lipinski definition) is 2. The van der Waals surface area contributed by atoms with Crippen LogP contribution in [0.15, 0.2) is 91.0 Å². The number of carbonyl (C=O) groups is 1. The number of nitrogens with zero attached hydrogens (tertiary/aromatic N) is 2. The first kappa shape index (κ1) is 23.5. The predicted octanol–water partition coefficient (Wildman–Crippen LogP) is 1.74. The average Bonchev–Trinajstić information content (AvgIpc) is 2.83. The van der Waals surface area contributed by atoms with Crippen molar-refractivity contribution >= 4 is 35.0 Å². The monoisotopic (exact) mass is 448 g/mol. The molecule has 6 heteroatoms. The van der Waals surface area contributed by atoms with Crippen molar-refractivity contribution in [2.24, 2.45) is 11.5 Å². The first-order chi connectivity index (χ1) is 15.4. The summed E-state index contributed by atoms with van der Waals surface area (Å²) in [6, 6.07) is 32.4. The maximum Gasteiger partial charge on any atom is 0.341 e. The Morgan fingerprint density at radius 2 is 1.22 bits per heavy atom. The van der Waals surface area contributed by atoms with Gasteiger partial charge in [-0.1, -0.05) is 54.6 Å². The summed E-state index contributed by atoms with van der Waals surface area (Å²) in [5.41, 5.74) is 11.2. The quantitative estimate of drug-likeness (QED) is 0.227. The second-order valence-corrected chi connectivity index (χ2v) is 11.6. The summed E-state index contributed by atoms with van der Waals surface area (Å²) in [5.74, 6) is 0.151. The summed E-state index contributed by atoms with van der Waals surface area (Å²) in [6.07, 6.45) is 1.86. The summed E-state index contributed by atoms with van der Waals surface area (Å²) in [4.78, 5) is 14.4. The van der Waals surface area contributed by atoms with Crippen molar-refractivity contribution in [3.63, 3.8) is 0 Å². The van der Waals surface area contributed by atoms with Crippen LogP contribution in [0.3, 0.4) is 0 Å². The van der Waals surface area contributed by atoms with Crippen LogP contribution in [0.1, 0.15) is 6.42 Å². The van der Waals surface area contributed by atoms with Crippen molar-refractivity contribution in [2.75, 3.05) is 33.3 Å². The molecule has 0 aromatic heterocycles. The van der Waals surface area contributed by atoms with Gasteiger partial charge < -0.3 is 4.90 Å². The highest BCUT2D eigenvalue weighted by Gasteiger charge is 2.44. The smallest absolute Gasteiger partial charge is 0.341 e. The van der Waals surface area contributed by atoms with Gasteiger partial charge in [0.15, 0.2) is 0 Å². The molecule has 166 valence electrons. The molecular weight excluding hydrogens is 415 g/mol. The van der Waals surface area contributed by atoms with E-state index < -0.39 is 7.26 Å². The highest BCUT2D eigenvalue weighted by molar-refractivity contribution is 7.95. The minimum absolute atomic E-state index is 0.00367. The minimum atomic E-state index is -1.88. The second-order valence-electron chi connectivity index (χ2n) is 7.99. The molecule has 0 unspecified atom stereocenters. The fourth-order valence-electron chi connectivity index (χ4n) is 3.97. The van der Waals surface area contributed by atoms with Crippen molar-refractivity contribution in [3.05, 3.63) is 91.0 Å². The highest BCUT2D eigenvalue weighted by atomic mass is 31.2. The van der Waals surface area contributed by atoms with E-state index in [0.717, 1.165) is 12.6 Å². The van der Waals surface area contributed by atoms with Crippen LogP contribution in [-0.4, -0.2) is 54.7 Å². The molecule has 4 N–H and O–H groups in total. The number of carbonyl (C=O) groups excluding carboxylic acids is 1. The third kappa shape index (κ3) is 5.35. The van der Waals surface area contributed by atoms with Crippen LogP contribution < -0.4 is 27.4 Å². The van der Waals surface area contributed by atoms with Gasteiger partial charge in [0.1, 0.15) is 29.7 Å². The third-order valence-electron chi connectivity index (χ3n) is 5.82. The average molecular weight is 449 g/mol. The van der Waals surface area contributed by atoms with E-state index >= 15 is 0 Å². The number of guanidine groups is 1. The van der Waals surface area contributed by atoms with Gasteiger partial charge in [0, 0.05) is 13.6 Å². The lowest BCUT2D eigenvalue weighted by Gasteiger charge is -2.28. The van der Waals surface area contributed by atoms with Gasteiger partial charge >= 0.3 is 5.96 Å². The fraction of sp³-hybridized carbons (Fsp3) is 0.231. The van der Waals surface area contributed by atoms with Gasteiger partial charge in [0.25, 0.3) is 5.91 Å². The largest absolute Gasteiger partial charge is 0.343 e. The summed E-state index contributed by atoms with van der Waals surface area (Å²) < 4.78 is 1.56. The minimum Gasteiger partial charge on any atom is -0.343 e. The molecule has 32 heavy (non-hydrogen) atoms. The molecule has 3 rings (SSSR count). The van der Waals surface area contributed by atoms with E-state index in [2.05, 4.69) is 91.0 Å². The molecule has 0 atom stereocenters. The van der Waals surface area contributed by atoms with Gasteiger partial charge in [-0.15, -0.1) is 0 Å². The first-order valence-corrected chi connectivity index (χ1v) is 12.8. The van der Waals surface area contributed by atoms with E-state index in [4.69, 9.17) is 11.5 Å². The Morgan fingerprint density at radius 1 is 0.812 bits per heavy atom. The van der Waals surface area contributed by atoms with E-state index in [-0.39, 0.29) is 18.4 Å². The molecule has 0 heterocycles. The SMILES string of the molecule is CN(CCC[P+](c1ccccc1)(c1ccccc1)c1ccccc1)C(=O)C[N+](C)=C(N)N. The topological polar surface area (TPSA) is 75.4 Å². The molecular formula is C26H33N4OP+2. The van der Waals surface area contributed by atoms with Crippen LogP contribution in [0, 0.1) is 0 Å². The molecule has 1 amide bonds. The summed E-state index contributed by atoms with van der Waals surface area (Å²) in [5, 5.41) is 4.07. The van der Waals surface area contributed by atoms with Gasteiger partial charge in [-0.3, -0.25) is 20.8 Å². The number of benzene rings is 3. The predicted molar refractivity (Wildman–Crippen MR) is 137 cm³/mol. The Morgan fingerprint density at radius 3 is 1.59 bits per heavy atom. The molecule has 0 fully saturated rings. The molecule has 0 aliphatic rings. The molecule has 3 aromatic rings. The Kier molecular flexibility index (Phi) is 8.02. The van der Waals surface area contributed by atoms with Crippen LogP contribution in [0.2, 0.25) is 0 Å². The molecule has 3 aromatic carbocycles. The van der Waals surface area contributed by atoms with E-state index in [1.165, 1.54) is 15.9 Å². The van der Waals surface area contributed by atoms with Crippen molar-refractivity contribution in [1.29, 1.82) is 0 Å². The van der Waals surface area contributed by atoms with Gasteiger partial charge in [0.05, 0.1) is 13.2 Å². The van der Waals surface area contributed by atoms with Gasteiger partial charge in [-0.25, -0.2) is 0 Å². The van der Waals surface area contributed by atoms with Crippen molar-refractivity contribution in [1.82, 2.24) is 4.90 Å². The van der Waals surface area contributed by atoms with Crippen LogP contribution in [-0.2, 0) is 4.79 Å². The van der Waals surface area contributed by atoms with Gasteiger partial charge in [-0.2, -0.15) is 0 Å². The third-order valence-corrected chi connectivity index (χ3v) is 10.3. The molecule has 0 aliphatic carbocycles. The van der Waals surface area contributed by atoms with E-state index in [9.17, 15) is 4.79 Å². The molecule has 5 nitrogen and oxygen atoms in total. The normalized spacial score (nSPS) is 11.1. The molecule has 0 spiro atoms. The van der Waals surface area contributed by atoms with Crippen LogP contribution >= 0.6 is 7.26 Å². The molecule has 0 radical (unpaired) electrons. The zero-order valence-corrected chi connectivity index (χ0v) is 19.8. The number of hydrogen-bond acceptors (Lipinski definition) is 1. The Balaban J connectivity index is 1.92.